The first-order valence-corrected chi connectivity index (χ1v) is 5.09. The monoisotopic (exact) mass is 303 g/mol. The third-order valence-corrected chi connectivity index (χ3v) is 2.96. The van der Waals surface area contributed by atoms with Gasteiger partial charge in [-0.2, -0.15) is 0 Å². The summed E-state index contributed by atoms with van der Waals surface area (Å²) in [5, 5.41) is 0.914. The zero-order valence-electron chi connectivity index (χ0n) is 7.42. The average molecular weight is 303 g/mol. The van der Waals surface area contributed by atoms with Gasteiger partial charge in [-0.1, -0.05) is 0 Å². The molecular formula is C10H7FINO. The Morgan fingerprint density at radius 2 is 2.00 bits per heavy atom. The summed E-state index contributed by atoms with van der Waals surface area (Å²) in [5.74, 6) is 0.250. The second-order valence-corrected chi connectivity index (χ2v) is 3.87. The molecule has 1 aromatic heterocycles. The fourth-order valence-corrected chi connectivity index (χ4v) is 1.84. The van der Waals surface area contributed by atoms with Gasteiger partial charge in [-0.05, 0) is 40.8 Å². The number of aromatic nitrogens is 1. The molecule has 0 amide bonds. The zero-order chi connectivity index (χ0) is 10.1. The fraction of sp³-hybridized carbons (Fsp3) is 0.100. The molecule has 0 aliphatic rings. The number of benzene rings is 1. The SMILES string of the molecule is COc1ccc2ccc(F)c(I)c2n1. The Morgan fingerprint density at radius 1 is 1.29 bits per heavy atom. The minimum atomic E-state index is -0.251. The minimum Gasteiger partial charge on any atom is -0.481 e. The van der Waals surface area contributed by atoms with Crippen molar-refractivity contribution >= 4 is 33.5 Å². The van der Waals surface area contributed by atoms with Crippen molar-refractivity contribution in [1.82, 2.24) is 4.98 Å². The number of nitrogens with zero attached hydrogens (tertiary/aromatic N) is 1. The topological polar surface area (TPSA) is 22.1 Å². The van der Waals surface area contributed by atoms with E-state index in [4.69, 9.17) is 4.74 Å². The molecule has 4 heteroatoms. The Hall–Kier alpha value is -0.910. The highest BCUT2D eigenvalue weighted by atomic mass is 127. The van der Waals surface area contributed by atoms with E-state index in [2.05, 4.69) is 4.98 Å². The molecule has 0 unspecified atom stereocenters. The van der Waals surface area contributed by atoms with Gasteiger partial charge in [0.25, 0.3) is 0 Å². The van der Waals surface area contributed by atoms with Crippen molar-refractivity contribution in [3.63, 3.8) is 0 Å². The number of rotatable bonds is 1. The maximum absolute atomic E-state index is 13.2. The Labute approximate surface area is 94.2 Å². The van der Waals surface area contributed by atoms with E-state index in [1.165, 1.54) is 6.07 Å². The average Bonchev–Trinajstić information content (AvgIpc) is 2.23. The molecule has 14 heavy (non-hydrogen) atoms. The molecule has 2 aromatic rings. The lowest BCUT2D eigenvalue weighted by atomic mass is 10.2. The van der Waals surface area contributed by atoms with E-state index in [0.717, 1.165) is 5.39 Å². The highest BCUT2D eigenvalue weighted by Crippen LogP contribution is 2.23. The highest BCUT2D eigenvalue weighted by Gasteiger charge is 2.06. The van der Waals surface area contributed by atoms with E-state index in [-0.39, 0.29) is 5.82 Å². The zero-order valence-corrected chi connectivity index (χ0v) is 9.58. The molecule has 0 bridgehead atoms. The first kappa shape index (κ1) is 9.64. The summed E-state index contributed by atoms with van der Waals surface area (Å²) in [7, 11) is 1.54. The Kier molecular flexibility index (Phi) is 2.54. The van der Waals surface area contributed by atoms with Crippen molar-refractivity contribution in [2.45, 2.75) is 0 Å². The van der Waals surface area contributed by atoms with E-state index in [1.807, 2.05) is 28.7 Å². The first-order valence-electron chi connectivity index (χ1n) is 4.01. The molecule has 1 aromatic carbocycles. The summed E-state index contributed by atoms with van der Waals surface area (Å²) in [6, 6.07) is 6.77. The lowest BCUT2D eigenvalue weighted by molar-refractivity contribution is 0.399. The van der Waals surface area contributed by atoms with Crippen LogP contribution >= 0.6 is 22.6 Å². The molecule has 0 N–H and O–H groups in total. The number of halogens is 2. The van der Waals surface area contributed by atoms with Crippen LogP contribution in [0.4, 0.5) is 4.39 Å². The smallest absolute Gasteiger partial charge is 0.213 e. The van der Waals surface area contributed by atoms with E-state index in [9.17, 15) is 4.39 Å². The van der Waals surface area contributed by atoms with Crippen LogP contribution in [0.5, 0.6) is 5.88 Å². The number of fused-ring (bicyclic) bond motifs is 1. The molecule has 2 nitrogen and oxygen atoms in total. The van der Waals surface area contributed by atoms with E-state index in [0.29, 0.717) is 15.0 Å². The Bertz CT molecular complexity index is 487. The summed E-state index contributed by atoms with van der Waals surface area (Å²) in [6.45, 7) is 0. The van der Waals surface area contributed by atoms with Gasteiger partial charge in [0.05, 0.1) is 16.2 Å². The van der Waals surface area contributed by atoms with Crippen LogP contribution in [0, 0.1) is 9.39 Å². The molecule has 0 spiro atoms. The lowest BCUT2D eigenvalue weighted by Crippen LogP contribution is -1.91. The largest absolute Gasteiger partial charge is 0.481 e. The normalized spacial score (nSPS) is 10.5. The van der Waals surface area contributed by atoms with Crippen LogP contribution in [0.1, 0.15) is 0 Å². The summed E-state index contributed by atoms with van der Waals surface area (Å²) in [4.78, 5) is 4.18. The van der Waals surface area contributed by atoms with Crippen LogP contribution in [-0.4, -0.2) is 12.1 Å². The van der Waals surface area contributed by atoms with Gasteiger partial charge in [0.1, 0.15) is 5.82 Å². The molecule has 72 valence electrons. The van der Waals surface area contributed by atoms with Crippen molar-refractivity contribution in [2.24, 2.45) is 0 Å². The van der Waals surface area contributed by atoms with Crippen molar-refractivity contribution in [1.29, 1.82) is 0 Å². The van der Waals surface area contributed by atoms with E-state index >= 15 is 0 Å². The van der Waals surface area contributed by atoms with Gasteiger partial charge in [0.2, 0.25) is 5.88 Å². The first-order chi connectivity index (χ1) is 6.72. The molecular weight excluding hydrogens is 296 g/mol. The van der Waals surface area contributed by atoms with Gasteiger partial charge in [-0.3, -0.25) is 0 Å². The summed E-state index contributed by atoms with van der Waals surface area (Å²) in [6.07, 6.45) is 0. The lowest BCUT2D eigenvalue weighted by Gasteiger charge is -2.03. The maximum Gasteiger partial charge on any atom is 0.213 e. The molecule has 0 aliphatic heterocycles. The second-order valence-electron chi connectivity index (χ2n) is 2.79. The predicted molar refractivity (Wildman–Crippen MR) is 61.0 cm³/mol. The van der Waals surface area contributed by atoms with Crippen molar-refractivity contribution < 1.29 is 9.13 Å². The van der Waals surface area contributed by atoms with Crippen LogP contribution < -0.4 is 4.74 Å². The molecule has 0 fully saturated rings. The highest BCUT2D eigenvalue weighted by molar-refractivity contribution is 14.1. The third-order valence-electron chi connectivity index (χ3n) is 1.94. The predicted octanol–water partition coefficient (Wildman–Crippen LogP) is 2.99. The Balaban J connectivity index is 2.78. The van der Waals surface area contributed by atoms with Crippen LogP contribution in [0.2, 0.25) is 0 Å². The standard InChI is InChI=1S/C10H7FINO/c1-14-8-5-3-6-2-4-7(11)9(12)10(6)13-8/h2-5H,1H3. The van der Waals surface area contributed by atoms with Crippen molar-refractivity contribution in [2.75, 3.05) is 7.11 Å². The summed E-state index contributed by atoms with van der Waals surface area (Å²) < 4.78 is 18.7. The summed E-state index contributed by atoms with van der Waals surface area (Å²) >= 11 is 1.94. The minimum absolute atomic E-state index is 0.251. The van der Waals surface area contributed by atoms with Gasteiger partial charge in [0.15, 0.2) is 0 Å². The quantitative estimate of drug-likeness (QED) is 0.756. The van der Waals surface area contributed by atoms with E-state index in [1.54, 1.807) is 19.2 Å². The molecule has 0 saturated heterocycles. The molecule has 0 atom stereocenters. The Morgan fingerprint density at radius 3 is 2.71 bits per heavy atom. The van der Waals surface area contributed by atoms with Crippen LogP contribution in [-0.2, 0) is 0 Å². The van der Waals surface area contributed by atoms with Gasteiger partial charge >= 0.3 is 0 Å². The fourth-order valence-electron chi connectivity index (χ4n) is 1.23. The van der Waals surface area contributed by atoms with Crippen LogP contribution in [0.15, 0.2) is 24.3 Å². The van der Waals surface area contributed by atoms with Gasteiger partial charge in [-0.15, -0.1) is 0 Å². The van der Waals surface area contributed by atoms with Crippen molar-refractivity contribution in [3.8, 4) is 5.88 Å². The molecule has 0 aliphatic carbocycles. The van der Waals surface area contributed by atoms with Crippen LogP contribution in [0.3, 0.4) is 0 Å². The molecule has 0 radical (unpaired) electrons. The van der Waals surface area contributed by atoms with Gasteiger partial charge < -0.3 is 4.74 Å². The number of hydrogen-bond donors (Lipinski definition) is 0. The number of methoxy groups -OCH3 is 1. The maximum atomic E-state index is 13.2. The molecule has 2 rings (SSSR count). The second kappa shape index (κ2) is 3.68. The van der Waals surface area contributed by atoms with Crippen molar-refractivity contribution in [3.05, 3.63) is 33.7 Å². The molecule has 0 saturated carbocycles. The van der Waals surface area contributed by atoms with Crippen LogP contribution in [0.25, 0.3) is 10.9 Å². The number of ether oxygens (including phenoxy) is 1. The molecule has 1 heterocycles. The summed E-state index contributed by atoms with van der Waals surface area (Å²) in [5.41, 5.74) is 0.643. The number of hydrogen-bond acceptors (Lipinski definition) is 2. The van der Waals surface area contributed by atoms with Gasteiger partial charge in [0, 0.05) is 11.5 Å². The number of pyridine rings is 1. The van der Waals surface area contributed by atoms with Gasteiger partial charge in [-0.25, -0.2) is 9.37 Å². The van der Waals surface area contributed by atoms with E-state index < -0.39 is 0 Å². The third kappa shape index (κ3) is 1.54.